The SMILES string of the molecule is NNCCO.O=S(=O)(NS(=O)(=O)C(F)(F)F)C(F)(F)F. The zero-order valence-electron chi connectivity index (χ0n) is 9.16. The van der Waals surface area contributed by atoms with Crippen LogP contribution < -0.4 is 15.4 Å². The molecule has 0 aromatic heterocycles. The molecule has 0 aliphatic rings. The second kappa shape index (κ2) is 7.36. The van der Waals surface area contributed by atoms with Crippen molar-refractivity contribution in [2.75, 3.05) is 13.2 Å². The van der Waals surface area contributed by atoms with E-state index in [2.05, 4.69) is 5.43 Å². The molecule has 20 heavy (non-hydrogen) atoms. The summed E-state index contributed by atoms with van der Waals surface area (Å²) in [5.74, 6) is 4.73. The third kappa shape index (κ3) is 7.20. The fraction of sp³-hybridized carbons (Fsp3) is 1.00. The fourth-order valence-corrected chi connectivity index (χ4v) is 2.21. The summed E-state index contributed by atoms with van der Waals surface area (Å²) in [6.07, 6.45) is 0. The van der Waals surface area contributed by atoms with Crippen LogP contribution in [0, 0.1) is 0 Å². The molecule has 5 N–H and O–H groups in total. The van der Waals surface area contributed by atoms with Gasteiger partial charge >= 0.3 is 31.1 Å². The summed E-state index contributed by atoms with van der Waals surface area (Å²) < 4.78 is 108. The van der Waals surface area contributed by atoms with Gasteiger partial charge in [0.1, 0.15) is 0 Å². The van der Waals surface area contributed by atoms with E-state index in [1.807, 2.05) is 0 Å². The maximum Gasteiger partial charge on any atom is 0.512 e. The van der Waals surface area contributed by atoms with Gasteiger partial charge in [-0.25, -0.2) is 16.8 Å². The Morgan fingerprint density at radius 2 is 1.20 bits per heavy atom. The highest BCUT2D eigenvalue weighted by Crippen LogP contribution is 2.27. The molecule has 0 aliphatic heterocycles. The van der Waals surface area contributed by atoms with Gasteiger partial charge in [0, 0.05) is 6.54 Å². The summed E-state index contributed by atoms with van der Waals surface area (Å²) >= 11 is 0. The predicted octanol–water partition coefficient (Wildman–Crippen LogP) is -1.28. The number of rotatable bonds is 4. The first-order valence-corrected chi connectivity index (χ1v) is 7.04. The van der Waals surface area contributed by atoms with Gasteiger partial charge in [-0.05, 0) is 0 Å². The van der Waals surface area contributed by atoms with Gasteiger partial charge in [0.25, 0.3) is 0 Å². The van der Waals surface area contributed by atoms with Crippen molar-refractivity contribution in [2.45, 2.75) is 11.0 Å². The Hall–Kier alpha value is -0.680. The van der Waals surface area contributed by atoms with Gasteiger partial charge in [0.2, 0.25) is 0 Å². The molecule has 0 spiro atoms. The molecule has 0 saturated heterocycles. The molecule has 8 nitrogen and oxygen atoms in total. The van der Waals surface area contributed by atoms with Crippen molar-refractivity contribution in [3.63, 3.8) is 0 Å². The molecule has 0 fully saturated rings. The maximum atomic E-state index is 11.5. The van der Waals surface area contributed by atoms with Crippen LogP contribution >= 0.6 is 0 Å². The van der Waals surface area contributed by atoms with Crippen molar-refractivity contribution in [1.29, 1.82) is 0 Å². The standard InChI is InChI=1S/C2HF6NO4S2.C2H8N2O/c3-1(4,5)14(10,11)9-15(12,13)2(6,7)8;3-4-1-2-5/h9H;4-5H,1-3H2. The van der Waals surface area contributed by atoms with Crippen LogP contribution in [0.5, 0.6) is 0 Å². The first-order valence-electron chi connectivity index (χ1n) is 4.08. The number of hydrazine groups is 1. The summed E-state index contributed by atoms with van der Waals surface area (Å²) in [5.41, 5.74) is -10.0. The molecule has 0 unspecified atom stereocenters. The van der Waals surface area contributed by atoms with Gasteiger partial charge in [-0.15, -0.1) is 0 Å². The molecule has 0 rings (SSSR count). The monoisotopic (exact) mass is 357 g/mol. The van der Waals surface area contributed by atoms with Crippen LogP contribution in [0.2, 0.25) is 0 Å². The van der Waals surface area contributed by atoms with E-state index in [-0.39, 0.29) is 6.61 Å². The second-order valence-corrected chi connectivity index (χ2v) is 6.27. The van der Waals surface area contributed by atoms with Gasteiger partial charge in [-0.3, -0.25) is 11.3 Å². The van der Waals surface area contributed by atoms with Crippen LogP contribution in [0.4, 0.5) is 26.3 Å². The molecule has 0 radical (unpaired) electrons. The van der Waals surface area contributed by atoms with Crippen molar-refractivity contribution < 1.29 is 48.3 Å². The molecule has 0 aromatic carbocycles. The number of hydrogen-bond acceptors (Lipinski definition) is 7. The van der Waals surface area contributed by atoms with E-state index in [1.54, 1.807) is 0 Å². The van der Waals surface area contributed by atoms with Gasteiger partial charge in [0.05, 0.1) is 6.61 Å². The lowest BCUT2D eigenvalue weighted by Crippen LogP contribution is -2.45. The van der Waals surface area contributed by atoms with Crippen LogP contribution in [0.1, 0.15) is 0 Å². The van der Waals surface area contributed by atoms with E-state index in [1.165, 1.54) is 0 Å². The Labute approximate surface area is 109 Å². The molecule has 0 atom stereocenters. The minimum Gasteiger partial charge on any atom is -0.395 e. The van der Waals surface area contributed by atoms with E-state index in [0.717, 1.165) is 0 Å². The highest BCUT2D eigenvalue weighted by atomic mass is 32.3. The van der Waals surface area contributed by atoms with Crippen molar-refractivity contribution in [1.82, 2.24) is 9.55 Å². The molecular weight excluding hydrogens is 348 g/mol. The van der Waals surface area contributed by atoms with Crippen LogP contribution in [0.15, 0.2) is 0 Å². The third-order valence-corrected chi connectivity index (χ3v) is 4.06. The number of hydrogen-bond donors (Lipinski definition) is 4. The average molecular weight is 357 g/mol. The molecule has 16 heteroatoms. The minimum atomic E-state index is -6.60. The highest BCUT2D eigenvalue weighted by molar-refractivity contribution is 8.05. The van der Waals surface area contributed by atoms with Crippen molar-refractivity contribution >= 4 is 20.0 Å². The zero-order chi connectivity index (χ0) is 16.8. The van der Waals surface area contributed by atoms with Crippen LogP contribution in [-0.2, 0) is 20.0 Å². The molecule has 0 bridgehead atoms. The van der Waals surface area contributed by atoms with Crippen molar-refractivity contribution in [2.24, 2.45) is 5.84 Å². The van der Waals surface area contributed by atoms with E-state index in [4.69, 9.17) is 10.9 Å². The summed E-state index contributed by atoms with van der Waals surface area (Å²) in [6.45, 7) is 0.580. The number of sulfonamides is 2. The first kappa shape index (κ1) is 21.6. The van der Waals surface area contributed by atoms with Crippen LogP contribution in [0.3, 0.4) is 0 Å². The van der Waals surface area contributed by atoms with Crippen LogP contribution in [0.25, 0.3) is 0 Å². The quantitative estimate of drug-likeness (QED) is 0.279. The normalized spacial score (nSPS) is 13.6. The van der Waals surface area contributed by atoms with Gasteiger partial charge in [-0.2, -0.15) is 26.3 Å². The van der Waals surface area contributed by atoms with Gasteiger partial charge in [0.15, 0.2) is 0 Å². The topological polar surface area (TPSA) is 139 Å². The summed E-state index contributed by atoms with van der Waals surface area (Å²) in [5, 5.41) is 7.92. The molecule has 124 valence electrons. The van der Waals surface area contributed by atoms with Crippen molar-refractivity contribution in [3.8, 4) is 0 Å². The van der Waals surface area contributed by atoms with E-state index in [0.29, 0.717) is 6.54 Å². The number of nitrogens with one attached hydrogen (secondary N) is 2. The van der Waals surface area contributed by atoms with E-state index < -0.39 is 35.2 Å². The highest BCUT2D eigenvalue weighted by Gasteiger charge is 2.55. The lowest BCUT2D eigenvalue weighted by Gasteiger charge is -2.11. The number of aliphatic hydroxyl groups excluding tert-OH is 1. The Bertz CT molecular complexity index is 438. The Morgan fingerprint density at radius 3 is 1.30 bits per heavy atom. The molecular formula is C4H9F6N3O5S2. The largest absolute Gasteiger partial charge is 0.512 e. The number of halogens is 6. The smallest absolute Gasteiger partial charge is 0.395 e. The van der Waals surface area contributed by atoms with Gasteiger partial charge in [-0.1, -0.05) is 4.13 Å². The summed E-state index contributed by atoms with van der Waals surface area (Å²) in [7, 11) is -13.2. The lowest BCUT2D eigenvalue weighted by molar-refractivity contribution is -0.0476. The van der Waals surface area contributed by atoms with Gasteiger partial charge < -0.3 is 5.11 Å². The summed E-state index contributed by atoms with van der Waals surface area (Å²) in [4.78, 5) is 0. The maximum absolute atomic E-state index is 11.5. The summed E-state index contributed by atoms with van der Waals surface area (Å²) in [6, 6.07) is 0. The molecule has 0 aliphatic carbocycles. The Morgan fingerprint density at radius 1 is 0.900 bits per heavy atom. The molecule has 0 saturated carbocycles. The van der Waals surface area contributed by atoms with Crippen LogP contribution in [-0.4, -0.2) is 46.1 Å². The fourth-order valence-electron chi connectivity index (χ4n) is 0.303. The second-order valence-electron chi connectivity index (χ2n) is 2.66. The minimum absolute atomic E-state index is 0.108. The molecule has 0 aromatic rings. The Kier molecular flexibility index (Phi) is 7.96. The predicted molar refractivity (Wildman–Crippen MR) is 52.4 cm³/mol. The van der Waals surface area contributed by atoms with E-state index in [9.17, 15) is 43.2 Å². The zero-order valence-corrected chi connectivity index (χ0v) is 10.8. The van der Waals surface area contributed by atoms with Crippen molar-refractivity contribution in [3.05, 3.63) is 0 Å². The third-order valence-electron chi connectivity index (χ3n) is 1.08. The molecule has 0 amide bonds. The Balaban J connectivity index is 0. The number of alkyl halides is 6. The number of nitrogens with two attached hydrogens (primary N) is 1. The lowest BCUT2D eigenvalue weighted by atomic mass is 10.7. The first-order chi connectivity index (χ1) is 8.62. The average Bonchev–Trinajstić information content (AvgIpc) is 2.14. The number of aliphatic hydroxyl groups is 1. The van der Waals surface area contributed by atoms with E-state index >= 15 is 0 Å². The molecule has 0 heterocycles.